The molecule has 1 amide bonds. The predicted octanol–water partition coefficient (Wildman–Crippen LogP) is 1.47. The Labute approximate surface area is 145 Å². The standard InChI is InChI=1S/C15H19ClN2O5S/c1-10(14(19)18-9-3-2-4-13(18)15(20)21)17-24(22,23)12-7-5-11(16)6-8-12/h5-8,10,13,17H,2-4,9H2,1H3,(H,20,21)/t10?,13-/m1/s1. The summed E-state index contributed by atoms with van der Waals surface area (Å²) in [5, 5.41) is 9.63. The van der Waals surface area contributed by atoms with Crippen LogP contribution in [0.5, 0.6) is 0 Å². The van der Waals surface area contributed by atoms with E-state index in [9.17, 15) is 23.1 Å². The summed E-state index contributed by atoms with van der Waals surface area (Å²) in [7, 11) is -3.90. The molecule has 1 fully saturated rings. The molecule has 1 aromatic carbocycles. The fourth-order valence-corrected chi connectivity index (χ4v) is 3.99. The molecular weight excluding hydrogens is 356 g/mol. The Hall–Kier alpha value is -1.64. The number of nitrogens with one attached hydrogen (secondary N) is 1. The van der Waals surface area contributed by atoms with Gasteiger partial charge in [0.15, 0.2) is 0 Å². The second-order valence-electron chi connectivity index (χ2n) is 5.68. The van der Waals surface area contributed by atoms with Gasteiger partial charge in [-0.2, -0.15) is 4.72 Å². The summed E-state index contributed by atoms with van der Waals surface area (Å²) in [6.07, 6.45) is 1.80. The topological polar surface area (TPSA) is 104 Å². The number of hydrogen-bond acceptors (Lipinski definition) is 4. The Morgan fingerprint density at radius 1 is 1.29 bits per heavy atom. The first-order chi connectivity index (χ1) is 11.2. The highest BCUT2D eigenvalue weighted by Crippen LogP contribution is 2.19. The molecule has 1 heterocycles. The zero-order chi connectivity index (χ0) is 17.9. The van der Waals surface area contributed by atoms with Gasteiger partial charge in [0.05, 0.1) is 10.9 Å². The van der Waals surface area contributed by atoms with Crippen molar-refractivity contribution in [1.29, 1.82) is 0 Å². The molecule has 1 aromatic rings. The molecule has 2 atom stereocenters. The molecule has 0 bridgehead atoms. The number of nitrogens with zero attached hydrogens (tertiary/aromatic N) is 1. The van der Waals surface area contributed by atoms with Crippen molar-refractivity contribution < 1.29 is 23.1 Å². The van der Waals surface area contributed by atoms with Crippen molar-refractivity contribution in [1.82, 2.24) is 9.62 Å². The molecule has 7 nitrogen and oxygen atoms in total. The van der Waals surface area contributed by atoms with Crippen LogP contribution in [0.4, 0.5) is 0 Å². The van der Waals surface area contributed by atoms with Gasteiger partial charge in [-0.1, -0.05) is 11.6 Å². The lowest BCUT2D eigenvalue weighted by Gasteiger charge is -2.34. The fourth-order valence-electron chi connectivity index (χ4n) is 2.67. The molecule has 132 valence electrons. The second kappa shape index (κ2) is 7.50. The highest BCUT2D eigenvalue weighted by molar-refractivity contribution is 7.89. The average molecular weight is 375 g/mol. The number of carbonyl (C=O) groups is 2. The van der Waals surface area contributed by atoms with E-state index in [0.717, 1.165) is 6.42 Å². The summed E-state index contributed by atoms with van der Waals surface area (Å²) in [6.45, 7) is 1.71. The van der Waals surface area contributed by atoms with Crippen LogP contribution in [-0.4, -0.2) is 48.9 Å². The van der Waals surface area contributed by atoms with Crippen LogP contribution in [0.15, 0.2) is 29.2 Å². The first-order valence-electron chi connectivity index (χ1n) is 7.53. The highest BCUT2D eigenvalue weighted by atomic mass is 35.5. The minimum absolute atomic E-state index is 0.0139. The molecule has 0 spiro atoms. The SMILES string of the molecule is CC(NS(=O)(=O)c1ccc(Cl)cc1)C(=O)N1CCCC[C@@H]1C(=O)O. The van der Waals surface area contributed by atoms with Crippen LogP contribution in [0, 0.1) is 0 Å². The van der Waals surface area contributed by atoms with Crippen LogP contribution in [0.3, 0.4) is 0 Å². The molecule has 2 N–H and O–H groups in total. The first kappa shape index (κ1) is 18.7. The molecule has 0 aromatic heterocycles. The molecule has 9 heteroatoms. The summed E-state index contributed by atoms with van der Waals surface area (Å²) >= 11 is 5.73. The van der Waals surface area contributed by atoms with Gasteiger partial charge in [-0.05, 0) is 50.5 Å². The van der Waals surface area contributed by atoms with Crippen LogP contribution in [0.1, 0.15) is 26.2 Å². The van der Waals surface area contributed by atoms with E-state index in [2.05, 4.69) is 4.72 Å². The minimum Gasteiger partial charge on any atom is -0.480 e. The predicted molar refractivity (Wildman–Crippen MR) is 88.2 cm³/mol. The van der Waals surface area contributed by atoms with E-state index in [-0.39, 0.29) is 4.90 Å². The van der Waals surface area contributed by atoms with E-state index in [1.165, 1.54) is 36.1 Å². The lowest BCUT2D eigenvalue weighted by Crippen LogP contribution is -2.54. The normalized spacial score (nSPS) is 19.8. The first-order valence-corrected chi connectivity index (χ1v) is 9.39. The zero-order valence-corrected chi connectivity index (χ0v) is 14.7. The van der Waals surface area contributed by atoms with Gasteiger partial charge in [0, 0.05) is 11.6 Å². The third kappa shape index (κ3) is 4.25. The Balaban J connectivity index is 2.12. The third-order valence-corrected chi connectivity index (χ3v) is 5.71. The number of carboxylic acid groups (broad SMARTS) is 1. The van der Waals surface area contributed by atoms with Crippen molar-refractivity contribution in [2.24, 2.45) is 0 Å². The van der Waals surface area contributed by atoms with Gasteiger partial charge in [-0.15, -0.1) is 0 Å². The number of carbonyl (C=O) groups excluding carboxylic acids is 1. The monoisotopic (exact) mass is 374 g/mol. The number of halogens is 1. The van der Waals surface area contributed by atoms with E-state index in [1.54, 1.807) is 0 Å². The summed E-state index contributed by atoms with van der Waals surface area (Å²) in [5.41, 5.74) is 0. The summed E-state index contributed by atoms with van der Waals surface area (Å²) in [5.74, 6) is -1.62. The number of carboxylic acids is 1. The Morgan fingerprint density at radius 2 is 1.92 bits per heavy atom. The smallest absolute Gasteiger partial charge is 0.326 e. The Bertz CT molecular complexity index is 720. The van der Waals surface area contributed by atoms with E-state index < -0.39 is 34.0 Å². The molecule has 1 saturated heterocycles. The van der Waals surface area contributed by atoms with Gasteiger partial charge >= 0.3 is 5.97 Å². The van der Waals surface area contributed by atoms with Crippen LogP contribution < -0.4 is 4.72 Å². The number of aliphatic carboxylic acids is 1. The molecular formula is C15H19ClN2O5S. The van der Waals surface area contributed by atoms with Gasteiger partial charge in [0.25, 0.3) is 0 Å². The van der Waals surface area contributed by atoms with Crippen LogP contribution in [0.2, 0.25) is 5.02 Å². The summed E-state index contributed by atoms with van der Waals surface area (Å²) in [4.78, 5) is 25.0. The van der Waals surface area contributed by atoms with Crippen molar-refractivity contribution >= 4 is 33.5 Å². The van der Waals surface area contributed by atoms with Crippen LogP contribution in [0.25, 0.3) is 0 Å². The van der Waals surface area contributed by atoms with Crippen LogP contribution in [-0.2, 0) is 19.6 Å². The van der Waals surface area contributed by atoms with Crippen molar-refractivity contribution in [2.75, 3.05) is 6.54 Å². The molecule has 0 aliphatic carbocycles. The van der Waals surface area contributed by atoms with Gasteiger partial charge < -0.3 is 10.0 Å². The zero-order valence-electron chi connectivity index (χ0n) is 13.1. The highest BCUT2D eigenvalue weighted by Gasteiger charge is 2.35. The number of amides is 1. The van der Waals surface area contributed by atoms with E-state index in [1.807, 2.05) is 0 Å². The van der Waals surface area contributed by atoms with E-state index >= 15 is 0 Å². The van der Waals surface area contributed by atoms with Crippen molar-refractivity contribution in [3.8, 4) is 0 Å². The lowest BCUT2D eigenvalue weighted by atomic mass is 10.0. The maximum absolute atomic E-state index is 12.5. The largest absolute Gasteiger partial charge is 0.480 e. The number of piperidine rings is 1. The number of benzene rings is 1. The third-order valence-electron chi connectivity index (χ3n) is 3.90. The number of sulfonamides is 1. The Kier molecular flexibility index (Phi) is 5.84. The van der Waals surface area contributed by atoms with Crippen molar-refractivity contribution in [3.05, 3.63) is 29.3 Å². The molecule has 0 saturated carbocycles. The quantitative estimate of drug-likeness (QED) is 0.812. The molecule has 1 unspecified atom stereocenters. The number of hydrogen-bond donors (Lipinski definition) is 2. The van der Waals surface area contributed by atoms with Gasteiger partial charge in [0.1, 0.15) is 6.04 Å². The molecule has 0 radical (unpaired) electrons. The number of rotatable bonds is 5. The van der Waals surface area contributed by atoms with Crippen LogP contribution >= 0.6 is 11.6 Å². The van der Waals surface area contributed by atoms with Crippen molar-refractivity contribution in [3.63, 3.8) is 0 Å². The second-order valence-corrected chi connectivity index (χ2v) is 7.83. The Morgan fingerprint density at radius 3 is 2.50 bits per heavy atom. The van der Waals surface area contributed by atoms with Gasteiger partial charge in [-0.25, -0.2) is 13.2 Å². The molecule has 2 rings (SSSR count). The average Bonchev–Trinajstić information content (AvgIpc) is 2.54. The fraction of sp³-hybridized carbons (Fsp3) is 0.467. The van der Waals surface area contributed by atoms with E-state index in [0.29, 0.717) is 24.4 Å². The molecule has 1 aliphatic heterocycles. The summed E-state index contributed by atoms with van der Waals surface area (Å²) < 4.78 is 26.9. The van der Waals surface area contributed by atoms with Gasteiger partial charge in [0.2, 0.25) is 15.9 Å². The van der Waals surface area contributed by atoms with Crippen molar-refractivity contribution in [2.45, 2.75) is 43.2 Å². The molecule has 24 heavy (non-hydrogen) atoms. The van der Waals surface area contributed by atoms with E-state index in [4.69, 9.17) is 11.6 Å². The minimum atomic E-state index is -3.90. The maximum atomic E-state index is 12.5. The lowest BCUT2D eigenvalue weighted by molar-refractivity contribution is -0.152. The maximum Gasteiger partial charge on any atom is 0.326 e. The molecule has 1 aliphatic rings. The van der Waals surface area contributed by atoms with Gasteiger partial charge in [-0.3, -0.25) is 4.79 Å². The number of likely N-dealkylation sites (tertiary alicyclic amines) is 1. The summed E-state index contributed by atoms with van der Waals surface area (Å²) in [6, 6.07) is 3.58.